The van der Waals surface area contributed by atoms with E-state index in [1.54, 1.807) is 37.3 Å². The molecule has 0 N–H and O–H groups in total. The zero-order valence-corrected chi connectivity index (χ0v) is 13.0. The van der Waals surface area contributed by atoms with Crippen molar-refractivity contribution >= 4 is 34.1 Å². The van der Waals surface area contributed by atoms with Crippen molar-refractivity contribution in [1.82, 2.24) is 9.97 Å². The van der Waals surface area contributed by atoms with Crippen LogP contribution < -0.4 is 4.90 Å². The number of rotatable bonds is 2. The summed E-state index contributed by atoms with van der Waals surface area (Å²) >= 11 is 6.19. The topological polar surface area (TPSA) is 46.1 Å². The molecule has 0 atom stereocenters. The van der Waals surface area contributed by atoms with Gasteiger partial charge in [-0.1, -0.05) is 17.7 Å². The summed E-state index contributed by atoms with van der Waals surface area (Å²) in [6.45, 7) is 1.78. The second-order valence-electron chi connectivity index (χ2n) is 5.00. The molecule has 0 unspecified atom stereocenters. The van der Waals surface area contributed by atoms with Gasteiger partial charge in [0.25, 0.3) is 5.91 Å². The zero-order chi connectivity index (χ0) is 15.7. The van der Waals surface area contributed by atoms with Gasteiger partial charge in [-0.15, -0.1) is 0 Å². The van der Waals surface area contributed by atoms with Crippen molar-refractivity contribution < 1.29 is 4.79 Å². The Hall–Kier alpha value is -2.46. The van der Waals surface area contributed by atoms with Crippen LogP contribution >= 0.6 is 11.6 Å². The number of benzene rings is 1. The van der Waals surface area contributed by atoms with Crippen LogP contribution in [0.4, 0.5) is 5.69 Å². The van der Waals surface area contributed by atoms with E-state index < -0.39 is 0 Å². The van der Waals surface area contributed by atoms with Crippen LogP contribution in [0.2, 0.25) is 5.02 Å². The first-order valence-corrected chi connectivity index (χ1v) is 7.19. The molecule has 0 aliphatic carbocycles. The second kappa shape index (κ2) is 5.73. The largest absolute Gasteiger partial charge is 0.311 e. The number of amides is 1. The second-order valence-corrected chi connectivity index (χ2v) is 5.38. The molecule has 22 heavy (non-hydrogen) atoms. The van der Waals surface area contributed by atoms with Crippen LogP contribution in [0.5, 0.6) is 0 Å². The molecule has 3 rings (SSSR count). The highest BCUT2D eigenvalue weighted by molar-refractivity contribution is 6.35. The van der Waals surface area contributed by atoms with E-state index in [4.69, 9.17) is 11.6 Å². The number of nitrogens with zero attached hydrogens (tertiary/aromatic N) is 3. The van der Waals surface area contributed by atoms with Gasteiger partial charge in [0.1, 0.15) is 0 Å². The molecule has 4 nitrogen and oxygen atoms in total. The van der Waals surface area contributed by atoms with Crippen LogP contribution in [0.3, 0.4) is 0 Å². The highest BCUT2D eigenvalue weighted by Gasteiger charge is 2.18. The highest BCUT2D eigenvalue weighted by atomic mass is 35.5. The number of aryl methyl sites for hydroxylation is 1. The predicted molar refractivity (Wildman–Crippen MR) is 88.5 cm³/mol. The minimum absolute atomic E-state index is 0.168. The zero-order valence-electron chi connectivity index (χ0n) is 12.2. The molecule has 0 aliphatic heterocycles. The van der Waals surface area contributed by atoms with E-state index in [9.17, 15) is 4.79 Å². The summed E-state index contributed by atoms with van der Waals surface area (Å²) in [5.74, 6) is -0.168. The Morgan fingerprint density at radius 3 is 2.77 bits per heavy atom. The summed E-state index contributed by atoms with van der Waals surface area (Å²) in [7, 11) is 1.73. The molecule has 3 aromatic rings. The van der Waals surface area contributed by atoms with Crippen molar-refractivity contribution in [2.24, 2.45) is 0 Å². The average molecular weight is 312 g/mol. The highest BCUT2D eigenvalue weighted by Crippen LogP contribution is 2.24. The lowest BCUT2D eigenvalue weighted by Crippen LogP contribution is -2.26. The van der Waals surface area contributed by atoms with Crippen molar-refractivity contribution in [3.05, 3.63) is 65.1 Å². The van der Waals surface area contributed by atoms with Crippen LogP contribution in [0.25, 0.3) is 10.9 Å². The summed E-state index contributed by atoms with van der Waals surface area (Å²) in [6, 6.07) is 11.2. The lowest BCUT2D eigenvalue weighted by atomic mass is 10.1. The smallest absolute Gasteiger partial charge is 0.259 e. The fourth-order valence-corrected chi connectivity index (χ4v) is 2.48. The molecule has 2 aromatic heterocycles. The standard InChI is InChI=1S/C17H14ClN3O/c1-11-16(18)14(7-9-19-11)17(22)21(2)13-5-6-15-12(10-13)4-3-8-20-15/h3-10H,1-2H3. The van der Waals surface area contributed by atoms with Gasteiger partial charge >= 0.3 is 0 Å². The number of anilines is 1. The molecule has 0 aliphatic rings. The summed E-state index contributed by atoms with van der Waals surface area (Å²) < 4.78 is 0. The van der Waals surface area contributed by atoms with Crippen molar-refractivity contribution in [2.75, 3.05) is 11.9 Å². The van der Waals surface area contributed by atoms with Crippen LogP contribution in [0.1, 0.15) is 16.1 Å². The molecule has 2 heterocycles. The van der Waals surface area contributed by atoms with Gasteiger partial charge in [-0.2, -0.15) is 0 Å². The number of halogens is 1. The number of fused-ring (bicyclic) bond motifs is 1. The lowest BCUT2D eigenvalue weighted by Gasteiger charge is -2.18. The van der Waals surface area contributed by atoms with Gasteiger partial charge < -0.3 is 4.90 Å². The minimum Gasteiger partial charge on any atom is -0.311 e. The van der Waals surface area contributed by atoms with E-state index in [0.29, 0.717) is 16.3 Å². The third-order valence-corrected chi connectivity index (χ3v) is 4.05. The Labute approximate surface area is 133 Å². The number of hydrogen-bond donors (Lipinski definition) is 0. The maximum Gasteiger partial charge on any atom is 0.259 e. The first kappa shape index (κ1) is 14.5. The number of aromatic nitrogens is 2. The molecule has 1 aromatic carbocycles. The van der Waals surface area contributed by atoms with Gasteiger partial charge in [0, 0.05) is 30.5 Å². The van der Waals surface area contributed by atoms with E-state index in [0.717, 1.165) is 16.6 Å². The Morgan fingerprint density at radius 2 is 1.95 bits per heavy atom. The molecule has 0 radical (unpaired) electrons. The summed E-state index contributed by atoms with van der Waals surface area (Å²) in [6.07, 6.45) is 3.34. The Balaban J connectivity index is 1.99. The first-order valence-electron chi connectivity index (χ1n) is 6.82. The molecule has 0 saturated heterocycles. The third kappa shape index (κ3) is 2.53. The molecule has 0 spiro atoms. The summed E-state index contributed by atoms with van der Waals surface area (Å²) in [4.78, 5) is 22.6. The third-order valence-electron chi connectivity index (χ3n) is 3.57. The quantitative estimate of drug-likeness (QED) is 0.721. The van der Waals surface area contributed by atoms with Gasteiger partial charge in [0.05, 0.1) is 21.8 Å². The summed E-state index contributed by atoms with van der Waals surface area (Å²) in [5, 5.41) is 1.37. The van der Waals surface area contributed by atoms with Crippen molar-refractivity contribution in [2.45, 2.75) is 6.92 Å². The van der Waals surface area contributed by atoms with Crippen molar-refractivity contribution in [3.8, 4) is 0 Å². The number of carbonyl (C=O) groups excluding carboxylic acids is 1. The van der Waals surface area contributed by atoms with Crippen molar-refractivity contribution in [3.63, 3.8) is 0 Å². The fourth-order valence-electron chi connectivity index (χ4n) is 2.28. The van der Waals surface area contributed by atoms with Gasteiger partial charge in [-0.25, -0.2) is 0 Å². The monoisotopic (exact) mass is 311 g/mol. The Morgan fingerprint density at radius 1 is 1.14 bits per heavy atom. The summed E-state index contributed by atoms with van der Waals surface area (Å²) in [5.41, 5.74) is 2.77. The van der Waals surface area contributed by atoms with E-state index in [-0.39, 0.29) is 5.91 Å². The van der Waals surface area contributed by atoms with Crippen LogP contribution in [-0.4, -0.2) is 22.9 Å². The van der Waals surface area contributed by atoms with Gasteiger partial charge in [0.2, 0.25) is 0 Å². The van der Waals surface area contributed by atoms with E-state index in [1.165, 1.54) is 0 Å². The maximum atomic E-state index is 12.7. The number of pyridine rings is 2. The molecule has 110 valence electrons. The molecular formula is C17H14ClN3O. The lowest BCUT2D eigenvalue weighted by molar-refractivity contribution is 0.0993. The van der Waals surface area contributed by atoms with Gasteiger partial charge in [-0.3, -0.25) is 14.8 Å². The molecule has 5 heteroatoms. The SMILES string of the molecule is Cc1nccc(C(=O)N(C)c2ccc3ncccc3c2)c1Cl. The van der Waals surface area contributed by atoms with Gasteiger partial charge in [-0.05, 0) is 37.3 Å². The maximum absolute atomic E-state index is 12.7. The molecular weight excluding hydrogens is 298 g/mol. The van der Waals surface area contributed by atoms with E-state index in [1.807, 2.05) is 30.3 Å². The Kier molecular flexibility index (Phi) is 3.77. The number of carbonyl (C=O) groups is 1. The van der Waals surface area contributed by atoms with Crippen LogP contribution in [-0.2, 0) is 0 Å². The molecule has 0 bridgehead atoms. The minimum atomic E-state index is -0.168. The van der Waals surface area contributed by atoms with E-state index >= 15 is 0 Å². The van der Waals surface area contributed by atoms with Crippen molar-refractivity contribution in [1.29, 1.82) is 0 Å². The normalized spacial score (nSPS) is 10.7. The van der Waals surface area contributed by atoms with Gasteiger partial charge in [0.15, 0.2) is 0 Å². The average Bonchev–Trinajstić information content (AvgIpc) is 2.55. The first-order chi connectivity index (χ1) is 10.6. The van der Waals surface area contributed by atoms with Crippen LogP contribution in [0, 0.1) is 6.92 Å². The van der Waals surface area contributed by atoms with Crippen LogP contribution in [0.15, 0.2) is 48.8 Å². The predicted octanol–water partition coefficient (Wildman–Crippen LogP) is 3.87. The number of hydrogen-bond acceptors (Lipinski definition) is 3. The fraction of sp³-hybridized carbons (Fsp3) is 0.118. The molecule has 0 fully saturated rings. The Bertz CT molecular complexity index is 863. The van der Waals surface area contributed by atoms with E-state index in [2.05, 4.69) is 9.97 Å². The molecule has 1 amide bonds. The molecule has 0 saturated carbocycles.